The highest BCUT2D eigenvalue weighted by atomic mass is 32.1. The van der Waals surface area contributed by atoms with Crippen LogP contribution in [0.5, 0.6) is 0 Å². The molecule has 0 unspecified atom stereocenters. The number of carbonyl (C=O) groups excluding carboxylic acids is 1. The second-order valence-electron chi connectivity index (χ2n) is 6.35. The molecule has 2 N–H and O–H groups in total. The lowest BCUT2D eigenvalue weighted by Crippen LogP contribution is -2.38. The molecule has 2 aromatic heterocycles. The highest BCUT2D eigenvalue weighted by Crippen LogP contribution is 2.43. The second-order valence-corrected chi connectivity index (χ2v) is 7.41. The second kappa shape index (κ2) is 5.59. The van der Waals surface area contributed by atoms with Gasteiger partial charge in [-0.25, -0.2) is 9.97 Å². The van der Waals surface area contributed by atoms with Gasteiger partial charge in [0.15, 0.2) is 5.65 Å². The third-order valence-corrected chi connectivity index (χ3v) is 5.64. The van der Waals surface area contributed by atoms with Gasteiger partial charge in [-0.15, -0.1) is 11.3 Å². The molecule has 22 heavy (non-hydrogen) atoms. The average molecular weight is 317 g/mol. The van der Waals surface area contributed by atoms with Crippen LogP contribution in [0.4, 0.5) is 0 Å². The molecule has 0 spiro atoms. The summed E-state index contributed by atoms with van der Waals surface area (Å²) in [4.78, 5) is 21.2. The van der Waals surface area contributed by atoms with Crippen LogP contribution in [0.3, 0.4) is 0 Å². The van der Waals surface area contributed by atoms with Crippen LogP contribution >= 0.6 is 11.3 Å². The van der Waals surface area contributed by atoms with E-state index in [1.807, 2.05) is 6.07 Å². The number of amides is 1. The summed E-state index contributed by atoms with van der Waals surface area (Å²) in [6.07, 6.45) is 7.07. The number of nitrogens with zero attached hydrogens (tertiary/aromatic N) is 2. The zero-order chi connectivity index (χ0) is 15.1. The molecule has 2 aliphatic carbocycles. The summed E-state index contributed by atoms with van der Waals surface area (Å²) in [5, 5.41) is 13.7. The molecule has 0 aliphatic heterocycles. The van der Waals surface area contributed by atoms with E-state index in [-0.39, 0.29) is 18.1 Å². The lowest BCUT2D eigenvalue weighted by molar-refractivity contribution is 0.0867. The fourth-order valence-corrected chi connectivity index (χ4v) is 4.09. The van der Waals surface area contributed by atoms with Crippen molar-refractivity contribution in [2.75, 3.05) is 0 Å². The minimum Gasteiger partial charge on any atom is -0.393 e. The summed E-state index contributed by atoms with van der Waals surface area (Å²) in [6.45, 7) is 0. The molecular formula is C16H19N3O2S. The van der Waals surface area contributed by atoms with E-state index in [9.17, 15) is 9.90 Å². The summed E-state index contributed by atoms with van der Waals surface area (Å²) >= 11 is 1.66. The molecule has 2 heterocycles. The minimum absolute atomic E-state index is 0.0721. The van der Waals surface area contributed by atoms with E-state index >= 15 is 0 Å². The first kappa shape index (κ1) is 14.1. The van der Waals surface area contributed by atoms with Crippen molar-refractivity contribution < 1.29 is 9.90 Å². The Morgan fingerprint density at radius 1 is 1.23 bits per heavy atom. The van der Waals surface area contributed by atoms with Crippen LogP contribution in [0.15, 0.2) is 12.3 Å². The first-order valence-corrected chi connectivity index (χ1v) is 8.76. The maximum Gasteiger partial charge on any atom is 0.253 e. The van der Waals surface area contributed by atoms with Crippen molar-refractivity contribution in [2.24, 2.45) is 0 Å². The summed E-state index contributed by atoms with van der Waals surface area (Å²) in [5.41, 5.74) is 1.36. The number of aromatic nitrogens is 2. The van der Waals surface area contributed by atoms with E-state index < -0.39 is 0 Å². The Bertz CT molecular complexity index is 702. The highest BCUT2D eigenvalue weighted by Gasteiger charge is 2.27. The van der Waals surface area contributed by atoms with Crippen LogP contribution in [0.1, 0.15) is 59.8 Å². The Hall–Kier alpha value is -1.53. The number of hydrogen-bond donors (Lipinski definition) is 2. The fraction of sp³-hybridized carbons (Fsp3) is 0.562. The third-order valence-electron chi connectivity index (χ3n) is 4.48. The molecule has 2 saturated carbocycles. The van der Waals surface area contributed by atoms with E-state index in [0.717, 1.165) is 41.0 Å². The van der Waals surface area contributed by atoms with Crippen LogP contribution in [-0.2, 0) is 0 Å². The van der Waals surface area contributed by atoms with Crippen LogP contribution < -0.4 is 5.32 Å². The summed E-state index contributed by atoms with van der Waals surface area (Å²) < 4.78 is 0.994. The lowest BCUT2D eigenvalue weighted by atomic mass is 9.93. The molecule has 0 aromatic carbocycles. The fourth-order valence-electron chi connectivity index (χ4n) is 2.95. The predicted molar refractivity (Wildman–Crippen MR) is 85.1 cm³/mol. The third kappa shape index (κ3) is 2.85. The zero-order valence-electron chi connectivity index (χ0n) is 12.3. The van der Waals surface area contributed by atoms with Crippen LogP contribution in [0.2, 0.25) is 0 Å². The number of carbonyl (C=O) groups is 1. The van der Waals surface area contributed by atoms with Gasteiger partial charge in [0.1, 0.15) is 0 Å². The maximum absolute atomic E-state index is 12.4. The molecule has 0 bridgehead atoms. The van der Waals surface area contributed by atoms with E-state index in [1.165, 1.54) is 12.8 Å². The van der Waals surface area contributed by atoms with Crippen LogP contribution in [0, 0.1) is 0 Å². The minimum atomic E-state index is -0.204. The van der Waals surface area contributed by atoms with Crippen molar-refractivity contribution in [3.63, 3.8) is 0 Å². The van der Waals surface area contributed by atoms with Gasteiger partial charge < -0.3 is 10.4 Å². The molecule has 0 atom stereocenters. The topological polar surface area (TPSA) is 75.1 Å². The molecule has 2 fully saturated rings. The van der Waals surface area contributed by atoms with Gasteiger partial charge >= 0.3 is 0 Å². The lowest BCUT2D eigenvalue weighted by Gasteiger charge is -2.26. The number of thiazole rings is 1. The Labute approximate surface area is 132 Å². The van der Waals surface area contributed by atoms with Gasteiger partial charge in [-0.05, 0) is 44.6 Å². The molecule has 0 radical (unpaired) electrons. The highest BCUT2D eigenvalue weighted by molar-refractivity contribution is 7.18. The van der Waals surface area contributed by atoms with Crippen molar-refractivity contribution >= 4 is 27.6 Å². The van der Waals surface area contributed by atoms with Gasteiger partial charge in [-0.1, -0.05) is 0 Å². The summed E-state index contributed by atoms with van der Waals surface area (Å²) in [6, 6.07) is 2.06. The monoisotopic (exact) mass is 317 g/mol. The number of aliphatic hydroxyl groups excluding tert-OH is 1. The number of aliphatic hydroxyl groups is 1. The standard InChI is InChI=1S/C16H19N3O2S/c20-12-5-3-11(4-6-12)18-15(21)10-7-13-14(17-8-10)19-16(22-13)9-1-2-9/h7-9,11-12,20H,1-6H2,(H,18,21)/t11-,12-. The van der Waals surface area contributed by atoms with Gasteiger partial charge in [0.2, 0.25) is 0 Å². The van der Waals surface area contributed by atoms with Crippen molar-refractivity contribution in [3.05, 3.63) is 22.8 Å². The number of pyridine rings is 1. The van der Waals surface area contributed by atoms with Crippen molar-refractivity contribution in [1.29, 1.82) is 0 Å². The van der Waals surface area contributed by atoms with Gasteiger partial charge in [0, 0.05) is 18.2 Å². The van der Waals surface area contributed by atoms with Gasteiger partial charge in [0.05, 0.1) is 21.4 Å². The zero-order valence-corrected chi connectivity index (χ0v) is 13.1. The number of hydrogen-bond acceptors (Lipinski definition) is 5. The SMILES string of the molecule is O=C(N[C@H]1CC[C@H](O)CC1)c1cnc2nc(C3CC3)sc2c1. The van der Waals surface area contributed by atoms with Crippen LogP contribution in [0.25, 0.3) is 10.3 Å². The van der Waals surface area contributed by atoms with Gasteiger partial charge in [-0.2, -0.15) is 0 Å². The van der Waals surface area contributed by atoms with Crippen LogP contribution in [-0.4, -0.2) is 33.1 Å². The van der Waals surface area contributed by atoms with E-state index in [0.29, 0.717) is 11.5 Å². The van der Waals surface area contributed by atoms with Crippen molar-refractivity contribution in [1.82, 2.24) is 15.3 Å². The number of nitrogens with one attached hydrogen (secondary N) is 1. The van der Waals surface area contributed by atoms with E-state index in [4.69, 9.17) is 0 Å². The predicted octanol–water partition coefficient (Wildman–Crippen LogP) is 2.60. The summed E-state index contributed by atoms with van der Waals surface area (Å²) in [7, 11) is 0. The van der Waals surface area contributed by atoms with Gasteiger partial charge in [0.25, 0.3) is 5.91 Å². The van der Waals surface area contributed by atoms with Gasteiger partial charge in [-0.3, -0.25) is 4.79 Å². The van der Waals surface area contributed by atoms with Crippen molar-refractivity contribution in [2.45, 2.75) is 56.6 Å². The van der Waals surface area contributed by atoms with E-state index in [1.54, 1.807) is 17.5 Å². The normalized spacial score (nSPS) is 25.3. The molecule has 5 nitrogen and oxygen atoms in total. The average Bonchev–Trinajstić information content (AvgIpc) is 3.28. The molecule has 0 saturated heterocycles. The Balaban J connectivity index is 1.49. The molecule has 116 valence electrons. The Morgan fingerprint density at radius 2 is 2.00 bits per heavy atom. The quantitative estimate of drug-likeness (QED) is 0.912. The number of fused-ring (bicyclic) bond motifs is 1. The Kier molecular flexibility index (Phi) is 3.58. The Morgan fingerprint density at radius 3 is 2.73 bits per heavy atom. The van der Waals surface area contributed by atoms with E-state index in [2.05, 4.69) is 15.3 Å². The molecule has 4 rings (SSSR count). The molecule has 2 aromatic rings. The first-order valence-electron chi connectivity index (χ1n) is 7.94. The molecule has 6 heteroatoms. The van der Waals surface area contributed by atoms with Crippen molar-refractivity contribution in [3.8, 4) is 0 Å². The summed E-state index contributed by atoms with van der Waals surface area (Å²) in [5.74, 6) is 0.544. The molecular weight excluding hydrogens is 298 g/mol. The number of rotatable bonds is 3. The molecule has 1 amide bonds. The first-order chi connectivity index (χ1) is 10.7. The maximum atomic E-state index is 12.4. The molecule has 2 aliphatic rings. The smallest absolute Gasteiger partial charge is 0.253 e. The largest absolute Gasteiger partial charge is 0.393 e.